The van der Waals surface area contributed by atoms with Crippen molar-refractivity contribution in [1.29, 1.82) is 0 Å². The maximum Gasteiger partial charge on any atom is 0.339 e. The zero-order valence-electron chi connectivity index (χ0n) is 10.1. The summed E-state index contributed by atoms with van der Waals surface area (Å²) in [6, 6.07) is 0. The third kappa shape index (κ3) is 2.50. The molecule has 0 aliphatic heterocycles. The second-order valence-electron chi connectivity index (χ2n) is 3.53. The lowest BCUT2D eigenvalue weighted by molar-refractivity contribution is 0.0678. The molecule has 20 heavy (non-hydrogen) atoms. The number of aromatic carboxylic acids is 1. The summed E-state index contributed by atoms with van der Waals surface area (Å²) in [5, 5.41) is 8.75. The smallest absolute Gasteiger partial charge is 0.339 e. The normalized spacial score (nSPS) is 10.2. The molecule has 1 rings (SSSR count). The van der Waals surface area contributed by atoms with Gasteiger partial charge in [0.15, 0.2) is 23.3 Å². The van der Waals surface area contributed by atoms with Crippen LogP contribution in [0.1, 0.15) is 20.7 Å². The van der Waals surface area contributed by atoms with E-state index in [4.69, 9.17) is 13.0 Å². The van der Waals surface area contributed by atoms with Gasteiger partial charge in [0.25, 0.3) is 0 Å². The monoisotopic (exact) mass is 286 g/mol. The van der Waals surface area contributed by atoms with E-state index < -0.39 is 52.7 Å². The third-order valence-electron chi connectivity index (χ3n) is 2.46. The van der Waals surface area contributed by atoms with Crippen LogP contribution in [0.4, 0.5) is 17.6 Å². The highest BCUT2D eigenvalue weighted by atomic mass is 19.2. The molecule has 0 saturated carbocycles. The predicted molar refractivity (Wildman–Crippen MR) is 61.6 cm³/mol. The van der Waals surface area contributed by atoms with E-state index in [0.717, 1.165) is 7.41 Å². The molecule has 0 atom stereocenters. The lowest BCUT2D eigenvalue weighted by atomic mass is 9.89. The number of nitrogens with zero attached hydrogens (tertiary/aromatic N) is 1. The molecule has 0 fully saturated rings. The molecule has 0 aliphatic rings. The van der Waals surface area contributed by atoms with Crippen LogP contribution in [-0.2, 0) is 0 Å². The van der Waals surface area contributed by atoms with Crippen LogP contribution in [0.5, 0.6) is 0 Å². The Morgan fingerprint density at radius 3 is 1.90 bits per heavy atom. The van der Waals surface area contributed by atoms with E-state index in [1.54, 1.807) is 0 Å². The van der Waals surface area contributed by atoms with Crippen molar-refractivity contribution in [2.24, 2.45) is 0 Å². The van der Waals surface area contributed by atoms with Crippen molar-refractivity contribution in [1.82, 2.24) is 4.81 Å². The molecule has 0 unspecified atom stereocenters. The summed E-state index contributed by atoms with van der Waals surface area (Å²) in [5.74, 6) is -12.3. The van der Waals surface area contributed by atoms with E-state index in [0.29, 0.717) is 4.81 Å². The number of carbonyl (C=O) groups is 2. The summed E-state index contributed by atoms with van der Waals surface area (Å²) in [5.41, 5.74) is -3.02. The standard InChI is InChI=1S/C10H6B2F4NO3/c1-12-17(2-11)9(18)3-4(10(19)20)6(14)8(16)7(15)5(3)13/h2H2,1H3,(H,19,20). The average Bonchev–Trinajstić information content (AvgIpc) is 2.40. The van der Waals surface area contributed by atoms with Crippen LogP contribution in [0.15, 0.2) is 0 Å². The quantitative estimate of drug-likeness (QED) is 0.391. The Hall–Kier alpha value is -1.99. The molecule has 1 aromatic carbocycles. The van der Waals surface area contributed by atoms with Crippen molar-refractivity contribution in [2.75, 3.05) is 6.44 Å². The fourth-order valence-electron chi connectivity index (χ4n) is 1.48. The van der Waals surface area contributed by atoms with Gasteiger partial charge in [-0.3, -0.25) is 4.79 Å². The van der Waals surface area contributed by atoms with Crippen molar-refractivity contribution >= 4 is 27.1 Å². The Balaban J connectivity index is 3.68. The topological polar surface area (TPSA) is 57.6 Å². The van der Waals surface area contributed by atoms with Gasteiger partial charge in [-0.05, 0) is 6.44 Å². The molecule has 1 N–H and O–H groups in total. The molecular formula is C10H6B2F4NO3. The Kier molecular flexibility index (Phi) is 4.80. The van der Waals surface area contributed by atoms with E-state index in [-0.39, 0.29) is 0 Å². The van der Waals surface area contributed by atoms with Gasteiger partial charge in [0, 0.05) is 0 Å². The van der Waals surface area contributed by atoms with Crippen LogP contribution in [0.25, 0.3) is 0 Å². The number of carboxylic acids is 1. The van der Waals surface area contributed by atoms with E-state index in [9.17, 15) is 27.2 Å². The second kappa shape index (κ2) is 5.98. The minimum Gasteiger partial charge on any atom is -0.478 e. The molecule has 1 amide bonds. The number of rotatable bonds is 4. The molecule has 4 nitrogen and oxygen atoms in total. The lowest BCUT2D eigenvalue weighted by Crippen LogP contribution is -2.36. The number of hydrogen-bond donors (Lipinski definition) is 1. The molecule has 0 saturated heterocycles. The second-order valence-corrected chi connectivity index (χ2v) is 3.53. The molecule has 0 aliphatic carbocycles. The SMILES string of the molecule is [B]CN([B]C)C(=O)c1c(F)c(F)c(F)c(F)c1C(=O)O. The van der Waals surface area contributed by atoms with Crippen molar-refractivity contribution < 1.29 is 32.3 Å². The van der Waals surface area contributed by atoms with Crippen LogP contribution in [0.2, 0.25) is 6.82 Å². The van der Waals surface area contributed by atoms with E-state index in [2.05, 4.69) is 0 Å². The van der Waals surface area contributed by atoms with Crippen LogP contribution >= 0.6 is 0 Å². The van der Waals surface area contributed by atoms with Gasteiger partial charge in [-0.1, -0.05) is 6.82 Å². The number of carboxylic acid groups (broad SMARTS) is 1. The highest BCUT2D eigenvalue weighted by molar-refractivity contribution is 6.38. The molecule has 103 valence electrons. The predicted octanol–water partition coefficient (Wildman–Crippen LogP) is 1.18. The van der Waals surface area contributed by atoms with Gasteiger partial charge >= 0.3 is 5.97 Å². The van der Waals surface area contributed by atoms with Crippen molar-refractivity contribution in [3.05, 3.63) is 34.4 Å². The van der Waals surface area contributed by atoms with Gasteiger partial charge in [-0.25, -0.2) is 22.4 Å². The molecule has 0 heterocycles. The Morgan fingerprint density at radius 2 is 1.55 bits per heavy atom. The minimum atomic E-state index is -2.31. The lowest BCUT2D eigenvalue weighted by Gasteiger charge is -2.20. The summed E-state index contributed by atoms with van der Waals surface area (Å²) >= 11 is 0. The molecule has 0 bridgehead atoms. The van der Waals surface area contributed by atoms with Crippen LogP contribution in [0, 0.1) is 23.3 Å². The summed E-state index contributed by atoms with van der Waals surface area (Å²) in [7, 11) is 6.19. The number of benzene rings is 1. The molecule has 1 aromatic rings. The first kappa shape index (κ1) is 16.1. The van der Waals surface area contributed by atoms with Crippen LogP contribution in [-0.4, -0.2) is 43.5 Å². The summed E-state index contributed by atoms with van der Waals surface area (Å²) in [6.45, 7) is 1.30. The van der Waals surface area contributed by atoms with Crippen LogP contribution < -0.4 is 0 Å². The molecule has 0 aromatic heterocycles. The first-order valence-corrected chi connectivity index (χ1v) is 5.17. The molecule has 0 spiro atoms. The highest BCUT2D eigenvalue weighted by Gasteiger charge is 2.33. The van der Waals surface area contributed by atoms with Crippen molar-refractivity contribution in [3.8, 4) is 0 Å². The first-order chi connectivity index (χ1) is 9.27. The van der Waals surface area contributed by atoms with Gasteiger partial charge in [-0.15, -0.1) is 0 Å². The van der Waals surface area contributed by atoms with E-state index >= 15 is 0 Å². The molecule has 10 heteroatoms. The van der Waals surface area contributed by atoms with E-state index in [1.165, 1.54) is 6.82 Å². The van der Waals surface area contributed by atoms with Crippen LogP contribution in [0.3, 0.4) is 0 Å². The Labute approximate surface area is 113 Å². The fourth-order valence-corrected chi connectivity index (χ4v) is 1.48. The maximum absolute atomic E-state index is 13.6. The van der Waals surface area contributed by atoms with Gasteiger partial charge < -0.3 is 9.92 Å². The third-order valence-corrected chi connectivity index (χ3v) is 2.46. The van der Waals surface area contributed by atoms with E-state index in [1.807, 2.05) is 0 Å². The summed E-state index contributed by atoms with van der Waals surface area (Å²) < 4.78 is 53.2. The molecule has 3 radical (unpaired) electrons. The zero-order valence-corrected chi connectivity index (χ0v) is 10.1. The fraction of sp³-hybridized carbons (Fsp3) is 0.200. The van der Waals surface area contributed by atoms with Crippen molar-refractivity contribution in [2.45, 2.75) is 6.82 Å². The molecular weight excluding hydrogens is 280 g/mol. The summed E-state index contributed by atoms with van der Waals surface area (Å²) in [6.07, 6.45) is -0.492. The minimum absolute atomic E-state index is 0.492. The summed E-state index contributed by atoms with van der Waals surface area (Å²) in [4.78, 5) is 23.3. The number of hydrogen-bond acceptors (Lipinski definition) is 2. The number of carbonyl (C=O) groups excluding carboxylic acids is 1. The van der Waals surface area contributed by atoms with Gasteiger partial charge in [0.1, 0.15) is 5.56 Å². The average molecular weight is 286 g/mol. The zero-order chi connectivity index (χ0) is 15.6. The number of amides is 1. The highest BCUT2D eigenvalue weighted by Crippen LogP contribution is 2.25. The maximum atomic E-state index is 13.6. The first-order valence-electron chi connectivity index (χ1n) is 5.17. The van der Waals surface area contributed by atoms with Gasteiger partial charge in [-0.2, -0.15) is 0 Å². The Morgan fingerprint density at radius 1 is 1.10 bits per heavy atom. The number of halogens is 4. The van der Waals surface area contributed by atoms with Gasteiger partial charge in [0.2, 0.25) is 13.3 Å². The largest absolute Gasteiger partial charge is 0.478 e. The van der Waals surface area contributed by atoms with Crippen molar-refractivity contribution in [3.63, 3.8) is 0 Å². The van der Waals surface area contributed by atoms with Gasteiger partial charge in [0.05, 0.1) is 13.4 Å². The Bertz CT molecular complexity index is 578.